The van der Waals surface area contributed by atoms with Crippen LogP contribution in [0.15, 0.2) is 54.7 Å². The molecule has 1 heterocycles. The second-order valence-corrected chi connectivity index (χ2v) is 4.17. The van der Waals surface area contributed by atoms with Crippen molar-refractivity contribution in [3.8, 4) is 0 Å². The maximum absolute atomic E-state index is 13.5. The molecule has 0 bridgehead atoms. The SMILES string of the molecule is Fc1ccccc1/C=C/c1cnnc2ccccc12. The molecular weight excluding hydrogens is 239 g/mol. The zero-order valence-electron chi connectivity index (χ0n) is 10.1. The molecule has 0 spiro atoms. The van der Waals surface area contributed by atoms with Crippen LogP contribution in [0, 0.1) is 5.82 Å². The van der Waals surface area contributed by atoms with E-state index in [4.69, 9.17) is 0 Å². The van der Waals surface area contributed by atoms with E-state index in [0.717, 1.165) is 16.5 Å². The summed E-state index contributed by atoms with van der Waals surface area (Å²) in [7, 11) is 0. The fourth-order valence-corrected chi connectivity index (χ4v) is 1.95. The third-order valence-electron chi connectivity index (χ3n) is 2.93. The van der Waals surface area contributed by atoms with Gasteiger partial charge in [0, 0.05) is 16.5 Å². The van der Waals surface area contributed by atoms with Crippen LogP contribution < -0.4 is 0 Å². The summed E-state index contributed by atoms with van der Waals surface area (Å²) in [5.74, 6) is -0.231. The largest absolute Gasteiger partial charge is 0.206 e. The van der Waals surface area contributed by atoms with Crippen molar-refractivity contribution >= 4 is 23.1 Å². The van der Waals surface area contributed by atoms with Crippen LogP contribution in [0.4, 0.5) is 4.39 Å². The van der Waals surface area contributed by atoms with Gasteiger partial charge in [-0.2, -0.15) is 10.2 Å². The van der Waals surface area contributed by atoms with Gasteiger partial charge in [-0.1, -0.05) is 48.6 Å². The smallest absolute Gasteiger partial charge is 0.130 e. The Hall–Kier alpha value is -2.55. The molecule has 92 valence electrons. The van der Waals surface area contributed by atoms with Crippen LogP contribution in [-0.2, 0) is 0 Å². The first-order valence-electron chi connectivity index (χ1n) is 5.97. The van der Waals surface area contributed by atoms with E-state index in [2.05, 4.69) is 10.2 Å². The predicted molar refractivity (Wildman–Crippen MR) is 74.9 cm³/mol. The fourth-order valence-electron chi connectivity index (χ4n) is 1.95. The van der Waals surface area contributed by atoms with Crippen molar-refractivity contribution in [2.24, 2.45) is 0 Å². The Labute approximate surface area is 110 Å². The standard InChI is InChI=1S/C16H11FN2/c17-15-7-3-1-5-12(15)9-10-13-11-18-19-16-8-4-2-6-14(13)16/h1-11H/b10-9+. The summed E-state index contributed by atoms with van der Waals surface area (Å²) in [6.45, 7) is 0. The molecule has 3 heteroatoms. The van der Waals surface area contributed by atoms with E-state index in [0.29, 0.717) is 5.56 Å². The summed E-state index contributed by atoms with van der Waals surface area (Å²) in [6, 6.07) is 14.4. The number of hydrogen-bond donors (Lipinski definition) is 0. The van der Waals surface area contributed by atoms with Gasteiger partial charge in [0.05, 0.1) is 11.7 Å². The molecule has 0 radical (unpaired) electrons. The lowest BCUT2D eigenvalue weighted by atomic mass is 10.1. The summed E-state index contributed by atoms with van der Waals surface area (Å²) in [4.78, 5) is 0. The lowest BCUT2D eigenvalue weighted by Gasteiger charge is -2.00. The minimum absolute atomic E-state index is 0.231. The minimum Gasteiger partial charge on any atom is -0.206 e. The lowest BCUT2D eigenvalue weighted by molar-refractivity contribution is 0.625. The van der Waals surface area contributed by atoms with E-state index in [1.165, 1.54) is 6.07 Å². The molecule has 3 rings (SSSR count). The van der Waals surface area contributed by atoms with Gasteiger partial charge in [0.2, 0.25) is 0 Å². The van der Waals surface area contributed by atoms with Crippen molar-refractivity contribution in [2.75, 3.05) is 0 Å². The highest BCUT2D eigenvalue weighted by Gasteiger charge is 2.00. The third kappa shape index (κ3) is 2.36. The van der Waals surface area contributed by atoms with Gasteiger partial charge < -0.3 is 0 Å². The Morgan fingerprint density at radius 3 is 2.47 bits per heavy atom. The summed E-state index contributed by atoms with van der Waals surface area (Å²) in [5, 5.41) is 9.01. The molecule has 0 atom stereocenters. The molecule has 0 fully saturated rings. The van der Waals surface area contributed by atoms with Gasteiger partial charge in [-0.05, 0) is 12.1 Å². The molecule has 0 aliphatic rings. The predicted octanol–water partition coefficient (Wildman–Crippen LogP) is 3.94. The molecule has 0 N–H and O–H groups in total. The second kappa shape index (κ2) is 4.98. The molecule has 0 unspecified atom stereocenters. The molecular formula is C16H11FN2. The molecule has 0 saturated heterocycles. The van der Waals surface area contributed by atoms with Crippen molar-refractivity contribution < 1.29 is 4.39 Å². The Kier molecular flexibility index (Phi) is 3.02. The number of benzene rings is 2. The Bertz CT molecular complexity index is 745. The highest BCUT2D eigenvalue weighted by Crippen LogP contribution is 2.18. The van der Waals surface area contributed by atoms with Crippen molar-refractivity contribution in [3.63, 3.8) is 0 Å². The van der Waals surface area contributed by atoms with Gasteiger partial charge >= 0.3 is 0 Å². The summed E-state index contributed by atoms with van der Waals surface area (Å²) in [5.41, 5.74) is 2.32. The van der Waals surface area contributed by atoms with E-state index in [9.17, 15) is 4.39 Å². The van der Waals surface area contributed by atoms with Crippen LogP contribution in [0.2, 0.25) is 0 Å². The van der Waals surface area contributed by atoms with Crippen LogP contribution in [0.1, 0.15) is 11.1 Å². The van der Waals surface area contributed by atoms with Crippen LogP contribution in [0.5, 0.6) is 0 Å². The van der Waals surface area contributed by atoms with Crippen molar-refractivity contribution in [1.82, 2.24) is 10.2 Å². The summed E-state index contributed by atoms with van der Waals surface area (Å²) in [6.07, 6.45) is 5.29. The first kappa shape index (κ1) is 11.5. The van der Waals surface area contributed by atoms with Crippen molar-refractivity contribution in [3.05, 3.63) is 71.7 Å². The van der Waals surface area contributed by atoms with E-state index in [-0.39, 0.29) is 5.82 Å². The third-order valence-corrected chi connectivity index (χ3v) is 2.93. The molecule has 3 aromatic rings. The van der Waals surface area contributed by atoms with E-state index >= 15 is 0 Å². The first-order valence-corrected chi connectivity index (χ1v) is 5.97. The molecule has 1 aromatic heterocycles. The number of nitrogens with zero attached hydrogens (tertiary/aromatic N) is 2. The Morgan fingerprint density at radius 1 is 0.842 bits per heavy atom. The zero-order chi connectivity index (χ0) is 13.1. The number of aromatic nitrogens is 2. The van der Waals surface area contributed by atoms with Gasteiger partial charge in [0.1, 0.15) is 5.82 Å². The quantitative estimate of drug-likeness (QED) is 0.688. The lowest BCUT2D eigenvalue weighted by Crippen LogP contribution is -1.86. The van der Waals surface area contributed by atoms with Gasteiger partial charge in [0.15, 0.2) is 0 Å². The average Bonchev–Trinajstić information content (AvgIpc) is 2.46. The Morgan fingerprint density at radius 2 is 1.58 bits per heavy atom. The summed E-state index contributed by atoms with van der Waals surface area (Å²) >= 11 is 0. The number of fused-ring (bicyclic) bond motifs is 1. The highest BCUT2D eigenvalue weighted by atomic mass is 19.1. The van der Waals surface area contributed by atoms with Crippen molar-refractivity contribution in [1.29, 1.82) is 0 Å². The average molecular weight is 250 g/mol. The number of hydrogen-bond acceptors (Lipinski definition) is 2. The molecule has 0 amide bonds. The first-order chi connectivity index (χ1) is 9.34. The minimum atomic E-state index is -0.231. The monoisotopic (exact) mass is 250 g/mol. The van der Waals surface area contributed by atoms with Crippen LogP contribution in [0.3, 0.4) is 0 Å². The maximum atomic E-state index is 13.5. The van der Waals surface area contributed by atoms with Crippen LogP contribution >= 0.6 is 0 Å². The van der Waals surface area contributed by atoms with Gasteiger partial charge in [-0.3, -0.25) is 0 Å². The molecule has 2 nitrogen and oxygen atoms in total. The van der Waals surface area contributed by atoms with Gasteiger partial charge in [-0.15, -0.1) is 0 Å². The highest BCUT2D eigenvalue weighted by molar-refractivity contribution is 5.89. The normalized spacial score (nSPS) is 11.2. The van der Waals surface area contributed by atoms with Crippen LogP contribution in [0.25, 0.3) is 23.1 Å². The topological polar surface area (TPSA) is 25.8 Å². The van der Waals surface area contributed by atoms with Gasteiger partial charge in [0.25, 0.3) is 0 Å². The molecule has 0 saturated carbocycles. The number of halogens is 1. The van der Waals surface area contributed by atoms with Gasteiger partial charge in [-0.25, -0.2) is 4.39 Å². The fraction of sp³-hybridized carbons (Fsp3) is 0. The van der Waals surface area contributed by atoms with Crippen LogP contribution in [-0.4, -0.2) is 10.2 Å². The van der Waals surface area contributed by atoms with Crippen molar-refractivity contribution in [2.45, 2.75) is 0 Å². The molecule has 0 aliphatic heterocycles. The zero-order valence-corrected chi connectivity index (χ0v) is 10.1. The second-order valence-electron chi connectivity index (χ2n) is 4.17. The Balaban J connectivity index is 2.04. The number of rotatable bonds is 2. The van der Waals surface area contributed by atoms with E-state index < -0.39 is 0 Å². The van der Waals surface area contributed by atoms with E-state index in [1.807, 2.05) is 36.4 Å². The summed E-state index contributed by atoms with van der Waals surface area (Å²) < 4.78 is 13.5. The molecule has 0 aliphatic carbocycles. The maximum Gasteiger partial charge on any atom is 0.130 e. The molecule has 19 heavy (non-hydrogen) atoms. The van der Waals surface area contributed by atoms with E-state index in [1.54, 1.807) is 24.4 Å². The molecule has 2 aromatic carbocycles.